The molecule has 104 valence electrons. The van der Waals surface area contributed by atoms with Gasteiger partial charge in [-0.2, -0.15) is 0 Å². The zero-order valence-electron chi connectivity index (χ0n) is 11.1. The van der Waals surface area contributed by atoms with Gasteiger partial charge in [-0.25, -0.2) is 4.98 Å². The van der Waals surface area contributed by atoms with Crippen LogP contribution in [0, 0.1) is 0 Å². The standard InChI is InChI=1S/C14H13N3OS.ClH/c1-18-13-7-9(19-2)3-4-10(13)14-16-11-5-6-15-8-12(11)17-14;/h3-8H,1-2H3,(H,16,17);1H. The Morgan fingerprint density at radius 1 is 1.25 bits per heavy atom. The Hall–Kier alpha value is -1.72. The van der Waals surface area contributed by atoms with Gasteiger partial charge in [0.25, 0.3) is 0 Å². The first-order chi connectivity index (χ1) is 9.31. The molecular weight excluding hydrogens is 294 g/mol. The number of methoxy groups -OCH3 is 1. The summed E-state index contributed by atoms with van der Waals surface area (Å²) < 4.78 is 5.45. The van der Waals surface area contributed by atoms with Crippen LogP contribution in [0.3, 0.4) is 0 Å². The van der Waals surface area contributed by atoms with Gasteiger partial charge in [0.1, 0.15) is 11.6 Å². The summed E-state index contributed by atoms with van der Waals surface area (Å²) in [5.74, 6) is 1.62. The minimum Gasteiger partial charge on any atom is -0.496 e. The van der Waals surface area contributed by atoms with E-state index in [0.717, 1.165) is 28.2 Å². The van der Waals surface area contributed by atoms with Crippen LogP contribution in [0.4, 0.5) is 0 Å². The predicted octanol–water partition coefficient (Wildman–Crippen LogP) is 3.78. The Bertz CT molecular complexity index is 696. The van der Waals surface area contributed by atoms with E-state index < -0.39 is 0 Å². The lowest BCUT2D eigenvalue weighted by Gasteiger charge is -2.07. The van der Waals surface area contributed by atoms with Gasteiger partial charge < -0.3 is 9.72 Å². The summed E-state index contributed by atoms with van der Waals surface area (Å²) in [6, 6.07) is 7.99. The quantitative estimate of drug-likeness (QED) is 0.748. The van der Waals surface area contributed by atoms with Crippen LogP contribution in [0.1, 0.15) is 0 Å². The molecule has 0 aliphatic heterocycles. The molecule has 4 nitrogen and oxygen atoms in total. The van der Waals surface area contributed by atoms with Gasteiger partial charge in [0.05, 0.1) is 29.9 Å². The highest BCUT2D eigenvalue weighted by atomic mass is 35.5. The maximum absolute atomic E-state index is 5.45. The number of aromatic nitrogens is 3. The molecule has 0 aliphatic carbocycles. The molecule has 0 saturated carbocycles. The van der Waals surface area contributed by atoms with Crippen molar-refractivity contribution in [3.63, 3.8) is 0 Å². The highest BCUT2D eigenvalue weighted by Crippen LogP contribution is 2.32. The summed E-state index contributed by atoms with van der Waals surface area (Å²) in [6.07, 6.45) is 5.55. The second-order valence-electron chi connectivity index (χ2n) is 4.04. The van der Waals surface area contributed by atoms with E-state index in [2.05, 4.69) is 21.0 Å². The predicted molar refractivity (Wildman–Crippen MR) is 84.9 cm³/mol. The number of hydrogen-bond donors (Lipinski definition) is 1. The smallest absolute Gasteiger partial charge is 0.142 e. The van der Waals surface area contributed by atoms with Crippen molar-refractivity contribution in [3.8, 4) is 17.1 Å². The average molecular weight is 308 g/mol. The van der Waals surface area contributed by atoms with Crippen molar-refractivity contribution in [2.45, 2.75) is 4.90 Å². The second-order valence-corrected chi connectivity index (χ2v) is 4.92. The number of aromatic amines is 1. The first-order valence-corrected chi connectivity index (χ1v) is 7.06. The molecule has 0 saturated heterocycles. The number of imidazole rings is 1. The van der Waals surface area contributed by atoms with E-state index in [0.29, 0.717) is 0 Å². The number of H-pyrrole nitrogens is 1. The highest BCUT2D eigenvalue weighted by Gasteiger charge is 2.11. The Balaban J connectivity index is 0.00000147. The van der Waals surface area contributed by atoms with Crippen LogP contribution in [-0.2, 0) is 0 Å². The third-order valence-corrected chi connectivity index (χ3v) is 3.67. The summed E-state index contributed by atoms with van der Waals surface area (Å²) >= 11 is 1.69. The molecule has 0 unspecified atom stereocenters. The molecule has 1 aromatic carbocycles. The molecule has 3 aromatic rings. The molecule has 0 aliphatic rings. The number of pyridine rings is 1. The minimum atomic E-state index is 0. The van der Waals surface area contributed by atoms with Crippen molar-refractivity contribution in [2.75, 3.05) is 13.4 Å². The van der Waals surface area contributed by atoms with Crippen LogP contribution in [0.25, 0.3) is 22.4 Å². The lowest BCUT2D eigenvalue weighted by atomic mass is 10.2. The monoisotopic (exact) mass is 307 g/mol. The fourth-order valence-electron chi connectivity index (χ4n) is 1.98. The largest absolute Gasteiger partial charge is 0.496 e. The number of ether oxygens (including phenoxy) is 1. The number of halogens is 1. The van der Waals surface area contributed by atoms with Crippen molar-refractivity contribution >= 4 is 35.2 Å². The van der Waals surface area contributed by atoms with E-state index in [1.807, 2.05) is 24.5 Å². The topological polar surface area (TPSA) is 50.8 Å². The van der Waals surface area contributed by atoms with Crippen molar-refractivity contribution in [2.24, 2.45) is 0 Å². The van der Waals surface area contributed by atoms with E-state index in [1.54, 1.807) is 31.3 Å². The Morgan fingerprint density at radius 2 is 2.10 bits per heavy atom. The molecule has 0 bridgehead atoms. The van der Waals surface area contributed by atoms with Gasteiger partial charge in [-0.15, -0.1) is 24.2 Å². The molecule has 0 amide bonds. The number of nitrogens with zero attached hydrogens (tertiary/aromatic N) is 2. The van der Waals surface area contributed by atoms with Crippen LogP contribution < -0.4 is 4.74 Å². The molecule has 6 heteroatoms. The lowest BCUT2D eigenvalue weighted by Crippen LogP contribution is -1.89. The molecule has 2 heterocycles. The maximum Gasteiger partial charge on any atom is 0.142 e. The van der Waals surface area contributed by atoms with Crippen molar-refractivity contribution in [3.05, 3.63) is 36.7 Å². The van der Waals surface area contributed by atoms with Gasteiger partial charge in [-0.05, 0) is 30.5 Å². The van der Waals surface area contributed by atoms with E-state index in [4.69, 9.17) is 4.74 Å². The van der Waals surface area contributed by atoms with Crippen LogP contribution in [0.2, 0.25) is 0 Å². The van der Waals surface area contributed by atoms with Gasteiger partial charge in [0.15, 0.2) is 0 Å². The third kappa shape index (κ3) is 2.59. The number of fused-ring (bicyclic) bond motifs is 1. The zero-order valence-corrected chi connectivity index (χ0v) is 12.7. The Labute approximate surface area is 127 Å². The Morgan fingerprint density at radius 3 is 2.80 bits per heavy atom. The number of thioether (sulfide) groups is 1. The van der Waals surface area contributed by atoms with E-state index in [9.17, 15) is 0 Å². The van der Waals surface area contributed by atoms with Gasteiger partial charge in [0.2, 0.25) is 0 Å². The lowest BCUT2D eigenvalue weighted by molar-refractivity contribution is 0.415. The Kier molecular flexibility index (Phi) is 4.52. The summed E-state index contributed by atoms with van der Waals surface area (Å²) in [5, 5.41) is 0. The number of nitrogens with one attached hydrogen (secondary N) is 1. The first-order valence-electron chi connectivity index (χ1n) is 5.84. The van der Waals surface area contributed by atoms with Crippen LogP contribution >= 0.6 is 24.2 Å². The summed E-state index contributed by atoms with van der Waals surface area (Å²) in [7, 11) is 1.67. The molecule has 0 atom stereocenters. The molecular formula is C14H14ClN3OS. The third-order valence-electron chi connectivity index (χ3n) is 2.95. The number of benzene rings is 1. The minimum absolute atomic E-state index is 0. The molecule has 20 heavy (non-hydrogen) atoms. The average Bonchev–Trinajstić information content (AvgIpc) is 2.90. The fourth-order valence-corrected chi connectivity index (χ4v) is 2.41. The molecule has 0 radical (unpaired) electrons. The van der Waals surface area contributed by atoms with Gasteiger partial charge in [-0.1, -0.05) is 0 Å². The van der Waals surface area contributed by atoms with Gasteiger partial charge >= 0.3 is 0 Å². The normalized spacial score (nSPS) is 10.3. The molecule has 2 aromatic heterocycles. The van der Waals surface area contributed by atoms with E-state index in [1.165, 1.54) is 4.90 Å². The maximum atomic E-state index is 5.45. The molecule has 1 N–H and O–H groups in total. The highest BCUT2D eigenvalue weighted by molar-refractivity contribution is 7.98. The zero-order chi connectivity index (χ0) is 13.2. The molecule has 3 rings (SSSR count). The summed E-state index contributed by atoms with van der Waals surface area (Å²) in [5.41, 5.74) is 2.78. The van der Waals surface area contributed by atoms with Crippen molar-refractivity contribution < 1.29 is 4.74 Å². The van der Waals surface area contributed by atoms with E-state index >= 15 is 0 Å². The van der Waals surface area contributed by atoms with Crippen molar-refractivity contribution in [1.29, 1.82) is 0 Å². The number of hydrogen-bond acceptors (Lipinski definition) is 4. The fraction of sp³-hybridized carbons (Fsp3) is 0.143. The van der Waals surface area contributed by atoms with E-state index in [-0.39, 0.29) is 12.4 Å². The number of rotatable bonds is 3. The van der Waals surface area contributed by atoms with Gasteiger partial charge in [0, 0.05) is 11.1 Å². The van der Waals surface area contributed by atoms with Crippen LogP contribution in [0.15, 0.2) is 41.6 Å². The first kappa shape index (κ1) is 14.7. The summed E-state index contributed by atoms with van der Waals surface area (Å²) in [4.78, 5) is 13.1. The second kappa shape index (κ2) is 6.15. The van der Waals surface area contributed by atoms with Crippen LogP contribution in [-0.4, -0.2) is 28.3 Å². The summed E-state index contributed by atoms with van der Waals surface area (Å²) in [6.45, 7) is 0. The SMILES string of the molecule is COc1cc(SC)ccc1-c1nc2ccncc2[nH]1.Cl. The van der Waals surface area contributed by atoms with Gasteiger partial charge in [-0.3, -0.25) is 4.98 Å². The molecule has 0 fully saturated rings. The van der Waals surface area contributed by atoms with Crippen LogP contribution in [0.5, 0.6) is 5.75 Å². The molecule has 0 spiro atoms. The van der Waals surface area contributed by atoms with Crippen molar-refractivity contribution in [1.82, 2.24) is 15.0 Å².